The standard InChI is InChI=1S/C14H26BrN3/c1-6-7-16-12(5)8-11(4)14-13(15)9-17-18(14)10(2)3/h9-12,16H,6-8H2,1-5H3. The van der Waals surface area contributed by atoms with Crippen molar-refractivity contribution in [3.63, 3.8) is 0 Å². The summed E-state index contributed by atoms with van der Waals surface area (Å²) < 4.78 is 3.26. The summed E-state index contributed by atoms with van der Waals surface area (Å²) in [5, 5.41) is 8.00. The van der Waals surface area contributed by atoms with E-state index in [1.165, 1.54) is 12.1 Å². The van der Waals surface area contributed by atoms with Gasteiger partial charge < -0.3 is 5.32 Å². The summed E-state index contributed by atoms with van der Waals surface area (Å²) in [5.74, 6) is 0.503. The minimum atomic E-state index is 0.410. The molecule has 1 N–H and O–H groups in total. The SMILES string of the molecule is CCCNC(C)CC(C)c1c(Br)cnn1C(C)C. The molecule has 4 heteroatoms. The van der Waals surface area contributed by atoms with Crippen LogP contribution in [0.2, 0.25) is 0 Å². The maximum absolute atomic E-state index is 4.46. The molecule has 0 saturated carbocycles. The molecule has 18 heavy (non-hydrogen) atoms. The van der Waals surface area contributed by atoms with Crippen LogP contribution >= 0.6 is 15.9 Å². The summed E-state index contributed by atoms with van der Waals surface area (Å²) in [4.78, 5) is 0. The first-order valence-corrected chi connectivity index (χ1v) is 7.72. The Labute approximate surface area is 119 Å². The van der Waals surface area contributed by atoms with Crippen molar-refractivity contribution in [2.75, 3.05) is 6.54 Å². The minimum Gasteiger partial charge on any atom is -0.314 e. The number of hydrogen-bond donors (Lipinski definition) is 1. The van der Waals surface area contributed by atoms with Crippen molar-refractivity contribution in [1.29, 1.82) is 0 Å². The van der Waals surface area contributed by atoms with Crippen molar-refractivity contribution in [3.8, 4) is 0 Å². The third-order valence-electron chi connectivity index (χ3n) is 3.19. The quantitative estimate of drug-likeness (QED) is 0.820. The Hall–Kier alpha value is -0.350. The Morgan fingerprint density at radius 2 is 2.00 bits per heavy atom. The second-order valence-corrected chi connectivity index (χ2v) is 6.26. The number of aromatic nitrogens is 2. The molecule has 1 aromatic heterocycles. The number of rotatable bonds is 7. The van der Waals surface area contributed by atoms with Crippen LogP contribution in [0.3, 0.4) is 0 Å². The first kappa shape index (κ1) is 15.7. The van der Waals surface area contributed by atoms with Gasteiger partial charge in [0.2, 0.25) is 0 Å². The Kier molecular flexibility index (Phi) is 6.36. The van der Waals surface area contributed by atoms with Crippen LogP contribution < -0.4 is 5.32 Å². The molecule has 0 spiro atoms. The zero-order valence-electron chi connectivity index (χ0n) is 12.2. The monoisotopic (exact) mass is 315 g/mol. The first-order valence-electron chi connectivity index (χ1n) is 6.93. The van der Waals surface area contributed by atoms with Gasteiger partial charge in [-0.05, 0) is 56.1 Å². The van der Waals surface area contributed by atoms with E-state index < -0.39 is 0 Å². The van der Waals surface area contributed by atoms with E-state index in [0.29, 0.717) is 18.0 Å². The molecular weight excluding hydrogens is 290 g/mol. The highest BCUT2D eigenvalue weighted by molar-refractivity contribution is 9.10. The highest BCUT2D eigenvalue weighted by atomic mass is 79.9. The van der Waals surface area contributed by atoms with Crippen LogP contribution in [-0.4, -0.2) is 22.4 Å². The second kappa shape index (κ2) is 7.29. The summed E-state index contributed by atoms with van der Waals surface area (Å²) >= 11 is 3.62. The van der Waals surface area contributed by atoms with Gasteiger partial charge in [0, 0.05) is 18.0 Å². The summed E-state index contributed by atoms with van der Waals surface area (Å²) in [6.45, 7) is 12.2. The van der Waals surface area contributed by atoms with Crippen molar-refractivity contribution in [2.24, 2.45) is 0 Å². The fourth-order valence-corrected chi connectivity index (χ4v) is 3.00. The number of halogens is 1. The van der Waals surface area contributed by atoms with Gasteiger partial charge in [0.15, 0.2) is 0 Å². The van der Waals surface area contributed by atoms with Crippen molar-refractivity contribution >= 4 is 15.9 Å². The van der Waals surface area contributed by atoms with Crippen LogP contribution in [0.5, 0.6) is 0 Å². The molecule has 0 amide bonds. The average Bonchev–Trinajstić information content (AvgIpc) is 2.68. The van der Waals surface area contributed by atoms with Gasteiger partial charge in [-0.3, -0.25) is 4.68 Å². The maximum Gasteiger partial charge on any atom is 0.0635 e. The van der Waals surface area contributed by atoms with Gasteiger partial charge in [0.25, 0.3) is 0 Å². The van der Waals surface area contributed by atoms with E-state index in [4.69, 9.17) is 0 Å². The van der Waals surface area contributed by atoms with Gasteiger partial charge in [-0.25, -0.2) is 0 Å². The van der Waals surface area contributed by atoms with Gasteiger partial charge in [-0.1, -0.05) is 13.8 Å². The van der Waals surface area contributed by atoms with E-state index in [-0.39, 0.29) is 0 Å². The predicted molar refractivity (Wildman–Crippen MR) is 81.1 cm³/mol. The van der Waals surface area contributed by atoms with Gasteiger partial charge >= 0.3 is 0 Å². The Morgan fingerprint density at radius 1 is 1.33 bits per heavy atom. The summed E-state index contributed by atoms with van der Waals surface area (Å²) in [7, 11) is 0. The van der Waals surface area contributed by atoms with E-state index >= 15 is 0 Å². The Bertz CT molecular complexity index is 360. The molecule has 0 saturated heterocycles. The normalized spacial score (nSPS) is 15.1. The number of nitrogens with one attached hydrogen (secondary N) is 1. The fourth-order valence-electron chi connectivity index (χ4n) is 2.34. The number of nitrogens with zero attached hydrogens (tertiary/aromatic N) is 2. The van der Waals surface area contributed by atoms with Crippen molar-refractivity contribution in [1.82, 2.24) is 15.1 Å². The topological polar surface area (TPSA) is 29.9 Å². The lowest BCUT2D eigenvalue weighted by atomic mass is 9.99. The molecule has 0 bridgehead atoms. The third-order valence-corrected chi connectivity index (χ3v) is 3.80. The van der Waals surface area contributed by atoms with Crippen LogP contribution in [0.25, 0.3) is 0 Å². The summed E-state index contributed by atoms with van der Waals surface area (Å²) in [6, 6.07) is 0.954. The molecule has 0 aliphatic rings. The molecule has 0 fully saturated rings. The minimum absolute atomic E-state index is 0.410. The van der Waals surface area contributed by atoms with Gasteiger partial charge in [-0.2, -0.15) is 5.10 Å². The molecule has 0 aliphatic carbocycles. The van der Waals surface area contributed by atoms with E-state index in [0.717, 1.165) is 17.4 Å². The molecule has 0 aromatic carbocycles. The lowest BCUT2D eigenvalue weighted by molar-refractivity contribution is 0.438. The third kappa shape index (κ3) is 4.09. The second-order valence-electron chi connectivity index (χ2n) is 5.41. The summed E-state index contributed by atoms with van der Waals surface area (Å²) in [5.41, 5.74) is 1.31. The summed E-state index contributed by atoms with van der Waals surface area (Å²) in [6.07, 6.45) is 4.24. The van der Waals surface area contributed by atoms with Gasteiger partial charge in [-0.15, -0.1) is 0 Å². The van der Waals surface area contributed by atoms with Crippen LogP contribution in [0, 0.1) is 0 Å². The van der Waals surface area contributed by atoms with Gasteiger partial charge in [0.1, 0.15) is 0 Å². The largest absolute Gasteiger partial charge is 0.314 e. The molecule has 0 aliphatic heterocycles. The molecule has 1 aromatic rings. The Morgan fingerprint density at radius 3 is 2.56 bits per heavy atom. The molecule has 1 rings (SSSR count). The molecule has 2 atom stereocenters. The van der Waals surface area contributed by atoms with Crippen molar-refractivity contribution in [3.05, 3.63) is 16.4 Å². The first-order chi connectivity index (χ1) is 8.47. The molecule has 104 valence electrons. The van der Waals surface area contributed by atoms with E-state index in [1.54, 1.807) is 0 Å². The van der Waals surface area contributed by atoms with Crippen molar-refractivity contribution in [2.45, 2.75) is 65.5 Å². The number of hydrogen-bond acceptors (Lipinski definition) is 2. The van der Waals surface area contributed by atoms with Crippen LogP contribution in [-0.2, 0) is 0 Å². The molecule has 0 radical (unpaired) electrons. The highest BCUT2D eigenvalue weighted by Gasteiger charge is 2.19. The Balaban J connectivity index is 2.71. The predicted octanol–water partition coefficient (Wildman–Crippen LogP) is 4.11. The average molecular weight is 316 g/mol. The molecule has 1 heterocycles. The van der Waals surface area contributed by atoms with Crippen LogP contribution in [0.4, 0.5) is 0 Å². The van der Waals surface area contributed by atoms with Crippen molar-refractivity contribution < 1.29 is 0 Å². The van der Waals surface area contributed by atoms with Crippen LogP contribution in [0.15, 0.2) is 10.7 Å². The fraction of sp³-hybridized carbons (Fsp3) is 0.786. The van der Waals surface area contributed by atoms with E-state index in [2.05, 4.69) is 65.6 Å². The van der Waals surface area contributed by atoms with E-state index in [1.807, 2.05) is 6.20 Å². The zero-order valence-corrected chi connectivity index (χ0v) is 13.8. The highest BCUT2D eigenvalue weighted by Crippen LogP contribution is 2.29. The maximum atomic E-state index is 4.46. The molecular formula is C14H26BrN3. The lowest BCUT2D eigenvalue weighted by Crippen LogP contribution is -2.28. The molecule has 2 unspecified atom stereocenters. The van der Waals surface area contributed by atoms with Gasteiger partial charge in [0.05, 0.1) is 16.4 Å². The van der Waals surface area contributed by atoms with Crippen LogP contribution in [0.1, 0.15) is 65.1 Å². The molecule has 3 nitrogen and oxygen atoms in total. The zero-order chi connectivity index (χ0) is 13.7. The van der Waals surface area contributed by atoms with E-state index in [9.17, 15) is 0 Å². The lowest BCUT2D eigenvalue weighted by Gasteiger charge is -2.21. The smallest absolute Gasteiger partial charge is 0.0635 e.